The Labute approximate surface area is 192 Å². The summed E-state index contributed by atoms with van der Waals surface area (Å²) < 4.78 is 13.4. The molecule has 6 heteroatoms. The summed E-state index contributed by atoms with van der Waals surface area (Å²) >= 11 is 1.72. The smallest absolute Gasteiger partial charge is 0.326 e. The van der Waals surface area contributed by atoms with Crippen LogP contribution in [0.25, 0.3) is 21.5 Å². The molecular weight excluding hydrogens is 420 g/mol. The third-order valence-electron chi connectivity index (χ3n) is 4.98. The molecule has 2 aromatic heterocycles. The number of carbonyl (C=O) groups excluding carboxylic acids is 1. The standard InChI is InChI=1S/C26H28N2O3S/c1-18-23(32-25(27-18)20-8-6-5-7-9-20)13-15-30-21-11-10-19-12-14-28(22(19)16-21)17-24(29)31-26(2,3)4/h5-12,14,16H,13,15,17H2,1-4H3. The van der Waals surface area contributed by atoms with Crippen molar-refractivity contribution in [1.82, 2.24) is 9.55 Å². The summed E-state index contributed by atoms with van der Waals surface area (Å²) in [5.74, 6) is 0.531. The number of esters is 1. The van der Waals surface area contributed by atoms with Gasteiger partial charge in [-0.15, -0.1) is 11.3 Å². The highest BCUT2D eigenvalue weighted by molar-refractivity contribution is 7.15. The maximum Gasteiger partial charge on any atom is 0.326 e. The summed E-state index contributed by atoms with van der Waals surface area (Å²) in [6.07, 6.45) is 2.71. The van der Waals surface area contributed by atoms with Gasteiger partial charge in [0, 0.05) is 29.1 Å². The van der Waals surface area contributed by atoms with Crippen LogP contribution in [-0.2, 0) is 22.5 Å². The Morgan fingerprint density at radius 2 is 1.88 bits per heavy atom. The third-order valence-corrected chi connectivity index (χ3v) is 6.24. The second kappa shape index (κ2) is 9.17. The molecule has 166 valence electrons. The van der Waals surface area contributed by atoms with Crippen molar-refractivity contribution >= 4 is 28.2 Å². The van der Waals surface area contributed by atoms with E-state index in [0.717, 1.165) is 39.3 Å². The zero-order chi connectivity index (χ0) is 22.7. The maximum absolute atomic E-state index is 12.2. The number of nitrogens with zero attached hydrogens (tertiary/aromatic N) is 2. The fraction of sp³-hybridized carbons (Fsp3) is 0.308. The topological polar surface area (TPSA) is 53.4 Å². The fourth-order valence-corrected chi connectivity index (χ4v) is 4.58. The van der Waals surface area contributed by atoms with Crippen molar-refractivity contribution in [1.29, 1.82) is 0 Å². The summed E-state index contributed by atoms with van der Waals surface area (Å²) in [6.45, 7) is 8.41. The second-order valence-electron chi connectivity index (χ2n) is 8.74. The summed E-state index contributed by atoms with van der Waals surface area (Å²) in [4.78, 5) is 18.2. The van der Waals surface area contributed by atoms with Crippen molar-refractivity contribution in [2.75, 3.05) is 6.61 Å². The van der Waals surface area contributed by atoms with Crippen molar-refractivity contribution in [3.8, 4) is 16.3 Å². The molecular formula is C26H28N2O3S. The Morgan fingerprint density at radius 1 is 1.09 bits per heavy atom. The molecule has 0 bridgehead atoms. The van der Waals surface area contributed by atoms with E-state index in [1.54, 1.807) is 11.3 Å². The first-order valence-corrected chi connectivity index (χ1v) is 11.6. The molecule has 0 radical (unpaired) electrons. The highest BCUT2D eigenvalue weighted by Gasteiger charge is 2.17. The molecule has 0 unspecified atom stereocenters. The van der Waals surface area contributed by atoms with E-state index in [4.69, 9.17) is 14.5 Å². The lowest BCUT2D eigenvalue weighted by molar-refractivity contribution is -0.155. The number of benzene rings is 2. The van der Waals surface area contributed by atoms with Crippen molar-refractivity contribution < 1.29 is 14.3 Å². The van der Waals surface area contributed by atoms with Crippen molar-refractivity contribution in [2.45, 2.75) is 46.3 Å². The van der Waals surface area contributed by atoms with E-state index in [1.165, 1.54) is 4.88 Å². The molecule has 0 aliphatic heterocycles. The first-order valence-electron chi connectivity index (χ1n) is 10.7. The highest BCUT2D eigenvalue weighted by Crippen LogP contribution is 2.28. The van der Waals surface area contributed by atoms with E-state index < -0.39 is 5.60 Å². The van der Waals surface area contributed by atoms with E-state index in [9.17, 15) is 4.79 Å². The lowest BCUT2D eigenvalue weighted by Crippen LogP contribution is -2.26. The normalized spacial score (nSPS) is 11.6. The summed E-state index contributed by atoms with van der Waals surface area (Å²) in [5.41, 5.74) is 2.65. The van der Waals surface area contributed by atoms with Gasteiger partial charge < -0.3 is 14.0 Å². The molecule has 0 aliphatic carbocycles. The lowest BCUT2D eigenvalue weighted by Gasteiger charge is -2.19. The Bertz CT molecular complexity index is 1220. The number of aromatic nitrogens is 2. The van der Waals surface area contributed by atoms with Crippen molar-refractivity contribution in [3.05, 3.63) is 71.4 Å². The number of hydrogen-bond acceptors (Lipinski definition) is 5. The number of hydrogen-bond donors (Lipinski definition) is 0. The van der Waals surface area contributed by atoms with Crippen molar-refractivity contribution in [2.24, 2.45) is 0 Å². The van der Waals surface area contributed by atoms with E-state index in [2.05, 4.69) is 12.1 Å². The fourth-order valence-electron chi connectivity index (χ4n) is 3.53. The van der Waals surface area contributed by atoms with Gasteiger partial charge in [-0.05, 0) is 51.3 Å². The average molecular weight is 449 g/mol. The van der Waals surface area contributed by atoms with E-state index in [1.807, 2.05) is 80.9 Å². The van der Waals surface area contributed by atoms with Gasteiger partial charge in [0.1, 0.15) is 22.9 Å². The van der Waals surface area contributed by atoms with E-state index in [-0.39, 0.29) is 12.5 Å². The largest absolute Gasteiger partial charge is 0.493 e. The number of carbonyl (C=O) groups is 1. The Balaban J connectivity index is 1.41. The van der Waals surface area contributed by atoms with Crippen molar-refractivity contribution in [3.63, 3.8) is 0 Å². The van der Waals surface area contributed by atoms with Crippen LogP contribution < -0.4 is 4.74 Å². The average Bonchev–Trinajstić information content (AvgIpc) is 3.31. The van der Waals surface area contributed by atoms with Crippen LogP contribution in [0, 0.1) is 6.92 Å². The third kappa shape index (κ3) is 5.37. The van der Waals surface area contributed by atoms with E-state index in [0.29, 0.717) is 6.61 Å². The molecule has 0 amide bonds. The zero-order valence-corrected chi connectivity index (χ0v) is 19.7. The van der Waals surface area contributed by atoms with Gasteiger partial charge in [0.15, 0.2) is 0 Å². The first-order chi connectivity index (χ1) is 15.3. The molecule has 0 N–H and O–H groups in total. The number of thiazole rings is 1. The molecule has 2 aromatic carbocycles. The molecule has 0 atom stereocenters. The minimum atomic E-state index is -0.497. The predicted molar refractivity (Wildman–Crippen MR) is 129 cm³/mol. The summed E-state index contributed by atoms with van der Waals surface area (Å²) in [5, 5.41) is 2.10. The molecule has 0 aliphatic rings. The molecule has 0 spiro atoms. The Kier molecular flexibility index (Phi) is 6.33. The molecule has 4 aromatic rings. The number of ether oxygens (including phenoxy) is 2. The maximum atomic E-state index is 12.2. The van der Waals surface area contributed by atoms with Crippen LogP contribution >= 0.6 is 11.3 Å². The Morgan fingerprint density at radius 3 is 2.62 bits per heavy atom. The molecule has 4 rings (SSSR count). The minimum absolute atomic E-state index is 0.173. The lowest BCUT2D eigenvalue weighted by atomic mass is 10.2. The second-order valence-corrected chi connectivity index (χ2v) is 9.83. The molecule has 0 saturated carbocycles. The number of aryl methyl sites for hydroxylation is 1. The van der Waals surface area contributed by atoms with Crippen LogP contribution in [0.5, 0.6) is 5.75 Å². The predicted octanol–water partition coefficient (Wildman–Crippen LogP) is 6.04. The highest BCUT2D eigenvalue weighted by atomic mass is 32.1. The van der Waals surface area contributed by atoms with Gasteiger partial charge in [-0.2, -0.15) is 0 Å². The SMILES string of the molecule is Cc1nc(-c2ccccc2)sc1CCOc1ccc2ccn(CC(=O)OC(C)(C)C)c2c1. The van der Waals surface area contributed by atoms with Crippen LogP contribution in [0.3, 0.4) is 0 Å². The molecule has 0 saturated heterocycles. The van der Waals surface area contributed by atoms with E-state index >= 15 is 0 Å². The van der Waals surface area contributed by atoms with Crippen LogP contribution in [0.1, 0.15) is 31.3 Å². The Hall–Kier alpha value is -3.12. The van der Waals surface area contributed by atoms with Gasteiger partial charge in [-0.1, -0.05) is 30.3 Å². The van der Waals surface area contributed by atoms with Gasteiger partial charge in [0.05, 0.1) is 17.8 Å². The minimum Gasteiger partial charge on any atom is -0.493 e. The van der Waals surface area contributed by atoms with Gasteiger partial charge in [-0.25, -0.2) is 4.98 Å². The first kappa shape index (κ1) is 22.1. The molecule has 32 heavy (non-hydrogen) atoms. The quantitative estimate of drug-likeness (QED) is 0.324. The monoisotopic (exact) mass is 448 g/mol. The summed E-state index contributed by atoms with van der Waals surface area (Å²) in [7, 11) is 0. The zero-order valence-electron chi connectivity index (χ0n) is 18.9. The van der Waals surface area contributed by atoms with Gasteiger partial charge in [0.2, 0.25) is 0 Å². The molecule has 2 heterocycles. The van der Waals surface area contributed by atoms with Crippen LogP contribution in [0.2, 0.25) is 0 Å². The van der Waals surface area contributed by atoms with Crippen LogP contribution in [-0.4, -0.2) is 27.7 Å². The number of fused-ring (bicyclic) bond motifs is 1. The van der Waals surface area contributed by atoms with Gasteiger partial charge in [-0.3, -0.25) is 4.79 Å². The molecule has 5 nitrogen and oxygen atoms in total. The van der Waals surface area contributed by atoms with Gasteiger partial charge >= 0.3 is 5.97 Å². The number of rotatable bonds is 7. The summed E-state index contributed by atoms with van der Waals surface area (Å²) in [6, 6.07) is 18.2. The van der Waals surface area contributed by atoms with Gasteiger partial charge in [0.25, 0.3) is 0 Å². The molecule has 0 fully saturated rings. The van der Waals surface area contributed by atoms with Crippen LogP contribution in [0.15, 0.2) is 60.8 Å². The van der Waals surface area contributed by atoms with Crippen LogP contribution in [0.4, 0.5) is 0 Å².